The Labute approximate surface area is 170 Å². The molecule has 0 spiro atoms. The fraction of sp³-hybridized carbons (Fsp3) is 0.261. The first-order chi connectivity index (χ1) is 14.1. The van der Waals surface area contributed by atoms with Crippen molar-refractivity contribution in [1.29, 1.82) is 0 Å². The third-order valence-corrected chi connectivity index (χ3v) is 4.77. The third kappa shape index (κ3) is 4.54. The molecule has 1 aliphatic heterocycles. The van der Waals surface area contributed by atoms with Gasteiger partial charge in [-0.15, -0.1) is 0 Å². The average Bonchev–Trinajstić information content (AvgIpc) is 2.74. The van der Waals surface area contributed by atoms with Crippen LogP contribution in [0.15, 0.2) is 60.8 Å². The quantitative estimate of drug-likeness (QED) is 0.713. The van der Waals surface area contributed by atoms with E-state index in [-0.39, 0.29) is 12.0 Å². The maximum Gasteiger partial charge on any atom is 0.274 e. The van der Waals surface area contributed by atoms with Crippen LogP contribution in [0.25, 0.3) is 0 Å². The summed E-state index contributed by atoms with van der Waals surface area (Å²) in [5.41, 5.74) is 3.68. The number of fused-ring (bicyclic) bond motifs is 1. The van der Waals surface area contributed by atoms with Crippen molar-refractivity contribution in [2.45, 2.75) is 32.9 Å². The molecule has 0 saturated carbocycles. The van der Waals surface area contributed by atoms with E-state index in [0.717, 1.165) is 25.3 Å². The molecule has 0 bridgehead atoms. The lowest BCUT2D eigenvalue weighted by molar-refractivity contribution is 0.102. The Morgan fingerprint density at radius 1 is 1.07 bits per heavy atom. The standard InChI is InChI=1S/C23H24N4O2/c1-16(2)29-20-9-7-19(8-10-20)25-22(28)21-11-13-24-23(26-21)27-14-12-17-5-3-4-6-18(17)15-27/h3-11,13,16H,12,14-15H2,1-2H3,(H,25,28). The topological polar surface area (TPSA) is 67.3 Å². The highest BCUT2D eigenvalue weighted by Gasteiger charge is 2.19. The first-order valence-corrected chi connectivity index (χ1v) is 9.81. The summed E-state index contributed by atoms with van der Waals surface area (Å²) in [6, 6.07) is 17.4. The normalized spacial score (nSPS) is 13.1. The lowest BCUT2D eigenvalue weighted by Gasteiger charge is -2.28. The van der Waals surface area contributed by atoms with Gasteiger partial charge >= 0.3 is 0 Å². The molecule has 0 fully saturated rings. The summed E-state index contributed by atoms with van der Waals surface area (Å²) in [5.74, 6) is 1.09. The molecule has 6 heteroatoms. The highest BCUT2D eigenvalue weighted by molar-refractivity contribution is 6.03. The highest BCUT2D eigenvalue weighted by atomic mass is 16.5. The van der Waals surface area contributed by atoms with Crippen LogP contribution in [0.1, 0.15) is 35.5 Å². The van der Waals surface area contributed by atoms with Gasteiger partial charge < -0.3 is 15.0 Å². The van der Waals surface area contributed by atoms with Gasteiger partial charge in [0, 0.05) is 25.0 Å². The van der Waals surface area contributed by atoms with Crippen molar-refractivity contribution < 1.29 is 9.53 Å². The van der Waals surface area contributed by atoms with Crippen LogP contribution in [-0.4, -0.2) is 28.5 Å². The van der Waals surface area contributed by atoms with Crippen LogP contribution in [0.3, 0.4) is 0 Å². The molecule has 1 N–H and O–H groups in total. The van der Waals surface area contributed by atoms with Gasteiger partial charge in [0.25, 0.3) is 5.91 Å². The number of benzene rings is 2. The zero-order valence-corrected chi connectivity index (χ0v) is 16.6. The van der Waals surface area contributed by atoms with Gasteiger partial charge in [-0.1, -0.05) is 24.3 Å². The Bertz CT molecular complexity index is 1000. The van der Waals surface area contributed by atoms with E-state index in [9.17, 15) is 4.79 Å². The summed E-state index contributed by atoms with van der Waals surface area (Å²) in [6.07, 6.45) is 2.69. The highest BCUT2D eigenvalue weighted by Crippen LogP contribution is 2.22. The number of hydrogen-bond acceptors (Lipinski definition) is 5. The second-order valence-electron chi connectivity index (χ2n) is 7.33. The predicted octanol–water partition coefficient (Wildman–Crippen LogP) is 4.08. The lowest BCUT2D eigenvalue weighted by Crippen LogP contribution is -2.32. The molecule has 1 aromatic heterocycles. The Kier molecular flexibility index (Phi) is 5.42. The van der Waals surface area contributed by atoms with E-state index < -0.39 is 0 Å². The number of anilines is 2. The molecule has 148 valence electrons. The van der Waals surface area contributed by atoms with Crippen LogP contribution in [-0.2, 0) is 13.0 Å². The van der Waals surface area contributed by atoms with Gasteiger partial charge in [-0.3, -0.25) is 4.79 Å². The van der Waals surface area contributed by atoms with Crippen molar-refractivity contribution >= 4 is 17.5 Å². The molecular formula is C23H24N4O2. The molecule has 1 amide bonds. The van der Waals surface area contributed by atoms with Crippen LogP contribution >= 0.6 is 0 Å². The van der Waals surface area contributed by atoms with Crippen molar-refractivity contribution in [3.05, 3.63) is 77.6 Å². The van der Waals surface area contributed by atoms with Gasteiger partial charge in [0.1, 0.15) is 11.4 Å². The monoisotopic (exact) mass is 388 g/mol. The summed E-state index contributed by atoms with van der Waals surface area (Å²) in [5, 5.41) is 2.88. The molecule has 0 unspecified atom stereocenters. The smallest absolute Gasteiger partial charge is 0.274 e. The fourth-order valence-electron chi connectivity index (χ4n) is 3.38. The fourth-order valence-corrected chi connectivity index (χ4v) is 3.38. The molecule has 4 rings (SSSR count). The van der Waals surface area contributed by atoms with E-state index in [1.807, 2.05) is 44.2 Å². The molecule has 3 aromatic rings. The second-order valence-corrected chi connectivity index (χ2v) is 7.33. The molecule has 0 aliphatic carbocycles. The number of carbonyl (C=O) groups excluding carboxylic acids is 1. The summed E-state index contributed by atoms with van der Waals surface area (Å²) < 4.78 is 5.63. The molecule has 2 aromatic carbocycles. The Morgan fingerprint density at radius 2 is 1.83 bits per heavy atom. The summed E-state index contributed by atoms with van der Waals surface area (Å²) in [4.78, 5) is 23.7. The van der Waals surface area contributed by atoms with E-state index in [0.29, 0.717) is 17.3 Å². The number of ether oxygens (including phenoxy) is 1. The molecule has 1 aliphatic rings. The van der Waals surface area contributed by atoms with E-state index in [1.165, 1.54) is 11.1 Å². The largest absolute Gasteiger partial charge is 0.491 e. The average molecular weight is 388 g/mol. The van der Waals surface area contributed by atoms with Gasteiger partial charge in [0.15, 0.2) is 0 Å². The number of hydrogen-bond donors (Lipinski definition) is 1. The minimum absolute atomic E-state index is 0.108. The molecule has 2 heterocycles. The van der Waals surface area contributed by atoms with E-state index >= 15 is 0 Å². The molecule has 0 saturated heterocycles. The maximum atomic E-state index is 12.7. The summed E-state index contributed by atoms with van der Waals surface area (Å²) in [6.45, 7) is 5.53. The summed E-state index contributed by atoms with van der Waals surface area (Å²) >= 11 is 0. The van der Waals surface area contributed by atoms with Gasteiger partial charge in [0.05, 0.1) is 6.10 Å². The Balaban J connectivity index is 1.45. The number of nitrogens with one attached hydrogen (secondary N) is 1. The molecule has 0 radical (unpaired) electrons. The van der Waals surface area contributed by atoms with E-state index in [4.69, 9.17) is 4.74 Å². The van der Waals surface area contributed by atoms with Gasteiger partial charge in [-0.05, 0) is 61.7 Å². The van der Waals surface area contributed by atoms with Gasteiger partial charge in [0.2, 0.25) is 5.95 Å². The zero-order valence-electron chi connectivity index (χ0n) is 16.6. The van der Waals surface area contributed by atoms with Crippen molar-refractivity contribution in [2.75, 3.05) is 16.8 Å². The Morgan fingerprint density at radius 3 is 2.59 bits per heavy atom. The number of aromatic nitrogens is 2. The van der Waals surface area contributed by atoms with Crippen LogP contribution < -0.4 is 15.0 Å². The molecule has 6 nitrogen and oxygen atoms in total. The van der Waals surface area contributed by atoms with Crippen molar-refractivity contribution in [3.63, 3.8) is 0 Å². The lowest BCUT2D eigenvalue weighted by atomic mass is 10.0. The van der Waals surface area contributed by atoms with Crippen LogP contribution in [0.2, 0.25) is 0 Å². The molecule has 29 heavy (non-hydrogen) atoms. The third-order valence-electron chi connectivity index (χ3n) is 4.77. The second kappa shape index (κ2) is 8.31. The molecule has 0 atom stereocenters. The van der Waals surface area contributed by atoms with Gasteiger partial charge in [-0.25, -0.2) is 9.97 Å². The van der Waals surface area contributed by atoms with Gasteiger partial charge in [-0.2, -0.15) is 0 Å². The number of carbonyl (C=O) groups is 1. The van der Waals surface area contributed by atoms with Crippen LogP contribution in [0, 0.1) is 0 Å². The Hall–Kier alpha value is -3.41. The number of nitrogens with zero attached hydrogens (tertiary/aromatic N) is 3. The minimum Gasteiger partial charge on any atom is -0.491 e. The zero-order chi connectivity index (χ0) is 20.2. The maximum absolute atomic E-state index is 12.7. The van der Waals surface area contributed by atoms with Crippen LogP contribution in [0.4, 0.5) is 11.6 Å². The number of amides is 1. The first-order valence-electron chi connectivity index (χ1n) is 9.81. The molecular weight excluding hydrogens is 364 g/mol. The predicted molar refractivity (Wildman–Crippen MR) is 113 cm³/mol. The van der Waals surface area contributed by atoms with E-state index in [2.05, 4.69) is 38.4 Å². The summed E-state index contributed by atoms with van der Waals surface area (Å²) in [7, 11) is 0. The van der Waals surface area contributed by atoms with Crippen molar-refractivity contribution in [1.82, 2.24) is 9.97 Å². The van der Waals surface area contributed by atoms with Crippen molar-refractivity contribution in [3.8, 4) is 5.75 Å². The van der Waals surface area contributed by atoms with Crippen molar-refractivity contribution in [2.24, 2.45) is 0 Å². The first kappa shape index (κ1) is 18.9. The SMILES string of the molecule is CC(C)Oc1ccc(NC(=O)c2ccnc(N3CCc4ccccc4C3)n2)cc1. The minimum atomic E-state index is -0.261. The van der Waals surface area contributed by atoms with Crippen LogP contribution in [0.5, 0.6) is 5.75 Å². The van der Waals surface area contributed by atoms with E-state index in [1.54, 1.807) is 12.3 Å². The number of rotatable bonds is 5.